The molecule has 0 fully saturated rings. The first kappa shape index (κ1) is 18.2. The minimum atomic E-state index is -0.775. The molecule has 1 aromatic heterocycles. The van der Waals surface area contributed by atoms with Crippen LogP contribution in [-0.2, 0) is 17.8 Å². The molecule has 0 unspecified atom stereocenters. The van der Waals surface area contributed by atoms with Gasteiger partial charge in [0.05, 0.1) is 0 Å². The highest BCUT2D eigenvalue weighted by molar-refractivity contribution is 7.15. The quantitative estimate of drug-likeness (QED) is 0.589. The highest BCUT2D eigenvalue weighted by Crippen LogP contribution is 2.33. The number of benzene rings is 2. The Morgan fingerprint density at radius 1 is 1.00 bits per heavy atom. The summed E-state index contributed by atoms with van der Waals surface area (Å²) in [6.07, 6.45) is 0.691. The normalized spacial score (nSPS) is 10.7. The van der Waals surface area contributed by atoms with E-state index in [9.17, 15) is 4.79 Å². The van der Waals surface area contributed by atoms with Crippen LogP contribution in [0.1, 0.15) is 28.0 Å². The largest absolute Gasteiger partial charge is 0.488 e. The Morgan fingerprint density at radius 3 is 2.35 bits per heavy atom. The van der Waals surface area contributed by atoms with Crippen molar-refractivity contribution in [1.82, 2.24) is 0 Å². The van der Waals surface area contributed by atoms with E-state index < -0.39 is 5.97 Å². The Labute approximate surface area is 157 Å². The zero-order valence-electron chi connectivity index (χ0n) is 15.0. The lowest BCUT2D eigenvalue weighted by atomic mass is 10.0. The topological polar surface area (TPSA) is 46.5 Å². The molecule has 1 heterocycles. The monoisotopic (exact) mass is 366 g/mol. The van der Waals surface area contributed by atoms with Crippen LogP contribution in [0.2, 0.25) is 0 Å². The minimum absolute atomic E-state index is 0.149. The average molecular weight is 366 g/mol. The first-order valence-corrected chi connectivity index (χ1v) is 9.43. The van der Waals surface area contributed by atoms with Crippen LogP contribution >= 0.6 is 11.3 Å². The van der Waals surface area contributed by atoms with E-state index in [1.807, 2.05) is 24.3 Å². The van der Waals surface area contributed by atoms with E-state index in [4.69, 9.17) is 9.84 Å². The van der Waals surface area contributed by atoms with Crippen LogP contribution in [0.4, 0.5) is 0 Å². The van der Waals surface area contributed by atoms with Gasteiger partial charge in [0.2, 0.25) is 0 Å². The van der Waals surface area contributed by atoms with Crippen LogP contribution in [0, 0.1) is 13.8 Å². The molecule has 0 amide bonds. The zero-order chi connectivity index (χ0) is 18.5. The molecule has 26 heavy (non-hydrogen) atoms. The maximum absolute atomic E-state index is 10.6. The molecule has 0 aliphatic heterocycles. The van der Waals surface area contributed by atoms with Crippen molar-refractivity contribution in [3.8, 4) is 16.2 Å². The second-order valence-corrected chi connectivity index (χ2v) is 7.53. The third-order valence-electron chi connectivity index (χ3n) is 4.32. The summed E-state index contributed by atoms with van der Waals surface area (Å²) in [6, 6.07) is 18.3. The molecule has 134 valence electrons. The van der Waals surface area contributed by atoms with Gasteiger partial charge in [0, 0.05) is 16.2 Å². The summed E-state index contributed by atoms with van der Waals surface area (Å²) in [5, 5.41) is 8.73. The molecule has 0 aliphatic rings. The van der Waals surface area contributed by atoms with Crippen molar-refractivity contribution >= 4 is 17.3 Å². The first-order chi connectivity index (χ1) is 12.5. The average Bonchev–Trinajstić information content (AvgIpc) is 3.07. The zero-order valence-corrected chi connectivity index (χ0v) is 15.8. The van der Waals surface area contributed by atoms with Crippen molar-refractivity contribution in [2.24, 2.45) is 0 Å². The van der Waals surface area contributed by atoms with Crippen molar-refractivity contribution in [3.63, 3.8) is 0 Å². The van der Waals surface area contributed by atoms with Crippen molar-refractivity contribution in [2.75, 3.05) is 0 Å². The van der Waals surface area contributed by atoms with Gasteiger partial charge in [-0.3, -0.25) is 4.79 Å². The summed E-state index contributed by atoms with van der Waals surface area (Å²) in [4.78, 5) is 13.1. The number of carbonyl (C=O) groups is 1. The van der Waals surface area contributed by atoms with Gasteiger partial charge in [-0.1, -0.05) is 30.3 Å². The van der Waals surface area contributed by atoms with Gasteiger partial charge in [-0.15, -0.1) is 11.3 Å². The van der Waals surface area contributed by atoms with Gasteiger partial charge in [-0.2, -0.15) is 0 Å². The van der Waals surface area contributed by atoms with Gasteiger partial charge in [-0.05, 0) is 66.8 Å². The van der Waals surface area contributed by atoms with E-state index in [1.54, 1.807) is 11.3 Å². The second kappa shape index (κ2) is 8.19. The molecule has 3 nitrogen and oxygen atoms in total. The highest BCUT2D eigenvalue weighted by atomic mass is 32.1. The summed E-state index contributed by atoms with van der Waals surface area (Å²) in [5.74, 6) is 0.0220. The van der Waals surface area contributed by atoms with E-state index in [1.165, 1.54) is 26.4 Å². The Hall–Kier alpha value is -2.59. The van der Waals surface area contributed by atoms with Gasteiger partial charge < -0.3 is 9.84 Å². The summed E-state index contributed by atoms with van der Waals surface area (Å²) in [6.45, 7) is 4.82. The van der Waals surface area contributed by atoms with Crippen LogP contribution in [0.5, 0.6) is 5.75 Å². The summed E-state index contributed by atoms with van der Waals surface area (Å²) < 4.78 is 5.88. The number of aliphatic carboxylic acids is 1. The van der Waals surface area contributed by atoms with Crippen LogP contribution in [0.3, 0.4) is 0 Å². The molecule has 4 heteroatoms. The summed E-state index contributed by atoms with van der Waals surface area (Å²) >= 11 is 1.76. The number of hydrogen-bond acceptors (Lipinski definition) is 3. The predicted molar refractivity (Wildman–Crippen MR) is 106 cm³/mol. The van der Waals surface area contributed by atoms with Crippen molar-refractivity contribution in [1.29, 1.82) is 0 Å². The molecule has 0 atom stereocenters. The fourth-order valence-electron chi connectivity index (χ4n) is 2.95. The standard InChI is InChI=1S/C22H22O3S/c1-15-4-3-5-16(2)22(15)20-12-11-19(26-20)14-25-18-9-6-17(7-10-18)8-13-21(23)24/h3-7,9-12H,8,13-14H2,1-2H3,(H,23,24). The van der Waals surface area contributed by atoms with E-state index in [0.717, 1.165) is 11.3 Å². The Balaban J connectivity index is 1.62. The molecule has 0 bridgehead atoms. The molecular weight excluding hydrogens is 344 g/mol. The van der Waals surface area contributed by atoms with Gasteiger partial charge in [0.1, 0.15) is 12.4 Å². The fourth-order valence-corrected chi connectivity index (χ4v) is 4.05. The van der Waals surface area contributed by atoms with E-state index in [2.05, 4.69) is 44.2 Å². The lowest BCUT2D eigenvalue weighted by Gasteiger charge is -2.07. The SMILES string of the molecule is Cc1cccc(C)c1-c1ccc(COc2ccc(CCC(=O)O)cc2)s1. The maximum atomic E-state index is 10.6. The first-order valence-electron chi connectivity index (χ1n) is 8.62. The second-order valence-electron chi connectivity index (χ2n) is 6.36. The molecule has 0 saturated carbocycles. The van der Waals surface area contributed by atoms with Crippen molar-refractivity contribution in [3.05, 3.63) is 76.2 Å². The smallest absolute Gasteiger partial charge is 0.303 e. The molecule has 0 aliphatic carbocycles. The number of aryl methyl sites for hydroxylation is 3. The maximum Gasteiger partial charge on any atom is 0.303 e. The molecule has 2 aromatic carbocycles. The molecule has 0 saturated heterocycles. The number of ether oxygens (including phenoxy) is 1. The van der Waals surface area contributed by atoms with E-state index in [0.29, 0.717) is 13.0 Å². The van der Waals surface area contributed by atoms with Crippen molar-refractivity contribution < 1.29 is 14.6 Å². The molecule has 1 N–H and O–H groups in total. The molecule has 3 aromatic rings. The lowest BCUT2D eigenvalue weighted by molar-refractivity contribution is -0.136. The summed E-state index contributed by atoms with van der Waals surface area (Å²) in [5.41, 5.74) is 4.90. The molecule has 0 radical (unpaired) electrons. The number of hydrogen-bond donors (Lipinski definition) is 1. The number of thiophene rings is 1. The molecule has 0 spiro atoms. The van der Waals surface area contributed by atoms with E-state index >= 15 is 0 Å². The van der Waals surface area contributed by atoms with Gasteiger partial charge in [0.25, 0.3) is 0 Å². The molecular formula is C22H22O3S. The Morgan fingerprint density at radius 2 is 1.69 bits per heavy atom. The number of carboxylic acid groups (broad SMARTS) is 1. The van der Waals surface area contributed by atoms with Gasteiger partial charge in [-0.25, -0.2) is 0 Å². The highest BCUT2D eigenvalue weighted by Gasteiger charge is 2.09. The van der Waals surface area contributed by atoms with Gasteiger partial charge in [0.15, 0.2) is 0 Å². The van der Waals surface area contributed by atoms with Crippen LogP contribution < -0.4 is 4.74 Å². The summed E-state index contributed by atoms with van der Waals surface area (Å²) in [7, 11) is 0. The van der Waals surface area contributed by atoms with E-state index in [-0.39, 0.29) is 6.42 Å². The Kier molecular flexibility index (Phi) is 5.74. The minimum Gasteiger partial charge on any atom is -0.488 e. The van der Waals surface area contributed by atoms with Crippen LogP contribution in [0.15, 0.2) is 54.6 Å². The predicted octanol–water partition coefficient (Wildman–Crippen LogP) is 5.63. The van der Waals surface area contributed by atoms with Gasteiger partial charge >= 0.3 is 5.97 Å². The third-order valence-corrected chi connectivity index (χ3v) is 5.40. The number of carboxylic acids is 1. The number of rotatable bonds is 7. The fraction of sp³-hybridized carbons (Fsp3) is 0.227. The van der Waals surface area contributed by atoms with Crippen LogP contribution in [0.25, 0.3) is 10.4 Å². The molecule has 3 rings (SSSR count). The third kappa shape index (κ3) is 4.52. The van der Waals surface area contributed by atoms with Crippen LogP contribution in [-0.4, -0.2) is 11.1 Å². The lowest BCUT2D eigenvalue weighted by Crippen LogP contribution is -1.97. The Bertz CT molecular complexity index is 874. The van der Waals surface area contributed by atoms with Crippen molar-refractivity contribution in [2.45, 2.75) is 33.3 Å².